The smallest absolute Gasteiger partial charge is 0.306 e. The van der Waals surface area contributed by atoms with E-state index >= 15 is 0 Å². The second-order valence-electron chi connectivity index (χ2n) is 7.08. The van der Waals surface area contributed by atoms with E-state index in [9.17, 15) is 14.0 Å². The minimum absolute atomic E-state index is 0.107. The van der Waals surface area contributed by atoms with E-state index in [1.54, 1.807) is 22.9 Å². The summed E-state index contributed by atoms with van der Waals surface area (Å²) >= 11 is 0. The quantitative estimate of drug-likeness (QED) is 0.344. The summed E-state index contributed by atoms with van der Waals surface area (Å²) in [5.74, 6) is 0.570. The van der Waals surface area contributed by atoms with Crippen LogP contribution in [0.15, 0.2) is 24.3 Å². The fourth-order valence-electron chi connectivity index (χ4n) is 3.42. The van der Waals surface area contributed by atoms with Crippen LogP contribution < -0.4 is 0 Å². The Bertz CT molecular complexity index is 660. The zero-order valence-electron chi connectivity index (χ0n) is 15.6. The Kier molecular flexibility index (Phi) is 7.61. The van der Waals surface area contributed by atoms with Gasteiger partial charge in [-0.05, 0) is 31.7 Å². The maximum Gasteiger partial charge on any atom is 0.306 e. The lowest BCUT2D eigenvalue weighted by atomic mass is 9.95. The summed E-state index contributed by atoms with van der Waals surface area (Å²) in [5.41, 5.74) is 0.521. The average Bonchev–Trinajstić information content (AvgIpc) is 3.53. The molecule has 3 rings (SSSR count). The topological polar surface area (TPSA) is 46.6 Å². The number of hydrogen-bond acceptors (Lipinski definition) is 6. The first-order valence-electron chi connectivity index (χ1n) is 9.47. The van der Waals surface area contributed by atoms with Crippen LogP contribution in [0.1, 0.15) is 43.7 Å². The van der Waals surface area contributed by atoms with Gasteiger partial charge in [0.2, 0.25) is 0 Å². The van der Waals surface area contributed by atoms with E-state index in [1.165, 1.54) is 13.2 Å². The van der Waals surface area contributed by atoms with Gasteiger partial charge in [0.05, 0.1) is 19.6 Å². The number of Topliss-reactive ketones (excluding diaryl/α,β-unsaturated/α-hetero) is 1. The Balaban J connectivity index is 1.54. The maximum absolute atomic E-state index is 14.4. The molecule has 0 aromatic heterocycles. The highest BCUT2D eigenvalue weighted by Gasteiger charge is 2.40. The molecule has 0 radical (unpaired) electrons. The fourth-order valence-corrected chi connectivity index (χ4v) is 6.05. The first kappa shape index (κ1) is 20.7. The third-order valence-corrected chi connectivity index (χ3v) is 8.09. The zero-order valence-corrected chi connectivity index (χ0v) is 17.2. The van der Waals surface area contributed by atoms with Gasteiger partial charge in [-0.3, -0.25) is 14.5 Å². The maximum atomic E-state index is 14.4. The lowest BCUT2D eigenvalue weighted by Crippen LogP contribution is -2.41. The Hall–Kier alpha value is -1.05. The molecule has 1 aromatic carbocycles. The van der Waals surface area contributed by atoms with Crippen molar-refractivity contribution in [3.05, 3.63) is 35.6 Å². The number of carbonyl (C=O) groups is 2. The number of rotatable bonds is 9. The van der Waals surface area contributed by atoms with E-state index in [0.717, 1.165) is 44.5 Å². The summed E-state index contributed by atoms with van der Waals surface area (Å²) in [4.78, 5) is 26.2. The Morgan fingerprint density at radius 3 is 2.56 bits per heavy atom. The van der Waals surface area contributed by atoms with E-state index in [-0.39, 0.29) is 23.5 Å². The van der Waals surface area contributed by atoms with Crippen molar-refractivity contribution in [1.82, 2.24) is 4.90 Å². The molecule has 7 heteroatoms. The predicted molar refractivity (Wildman–Crippen MR) is 108 cm³/mol. The number of piperidine rings is 1. The largest absolute Gasteiger partial charge is 0.469 e. The van der Waals surface area contributed by atoms with Crippen LogP contribution in [0.5, 0.6) is 0 Å². The van der Waals surface area contributed by atoms with Gasteiger partial charge in [0.25, 0.3) is 0 Å². The molecule has 2 fully saturated rings. The number of hydrogen-bond donors (Lipinski definition) is 0. The van der Waals surface area contributed by atoms with Crippen molar-refractivity contribution >= 4 is 33.3 Å². The molecule has 1 aliphatic carbocycles. The lowest BCUT2D eigenvalue weighted by Gasteiger charge is -2.37. The fraction of sp³-hybridized carbons (Fsp3) is 0.600. The van der Waals surface area contributed by atoms with Crippen molar-refractivity contribution in [2.24, 2.45) is 5.92 Å². The summed E-state index contributed by atoms with van der Waals surface area (Å²) in [6.45, 7) is 1.60. The van der Waals surface area contributed by atoms with Crippen LogP contribution in [0, 0.1) is 11.7 Å². The molecular weight excluding hydrogens is 385 g/mol. The van der Waals surface area contributed by atoms with Gasteiger partial charge in [-0.25, -0.2) is 4.39 Å². The molecule has 27 heavy (non-hydrogen) atoms. The highest BCUT2D eigenvalue weighted by Crippen LogP contribution is 2.40. The molecule has 1 aliphatic heterocycles. The van der Waals surface area contributed by atoms with Gasteiger partial charge in [0, 0.05) is 35.6 Å². The van der Waals surface area contributed by atoms with E-state index < -0.39 is 6.04 Å². The third kappa shape index (κ3) is 5.72. The second-order valence-corrected chi connectivity index (χ2v) is 9.87. The molecule has 1 heterocycles. The minimum atomic E-state index is -0.448. The van der Waals surface area contributed by atoms with Crippen molar-refractivity contribution in [2.75, 3.05) is 26.0 Å². The standard InChI is InChI=1S/C20H26FNO3S2/c1-25-18(23)10-13-26-27-15-8-11-22(12-9-15)19(20(24)14-6-7-14)16-4-2-3-5-17(16)21/h2-5,14-15,19H,6-13H2,1H3. The number of esters is 1. The number of benzene rings is 1. The van der Waals surface area contributed by atoms with Crippen LogP contribution in [-0.4, -0.2) is 47.9 Å². The summed E-state index contributed by atoms with van der Waals surface area (Å²) in [6, 6.07) is 6.24. The van der Waals surface area contributed by atoms with Crippen molar-refractivity contribution < 1.29 is 18.7 Å². The first-order chi connectivity index (χ1) is 13.1. The molecule has 148 valence electrons. The van der Waals surface area contributed by atoms with Gasteiger partial charge in [0.15, 0.2) is 5.78 Å². The molecule has 2 aliphatic rings. The number of methoxy groups -OCH3 is 1. The number of carbonyl (C=O) groups excluding carboxylic acids is 2. The van der Waals surface area contributed by atoms with E-state index in [2.05, 4.69) is 9.64 Å². The molecule has 1 saturated carbocycles. The van der Waals surface area contributed by atoms with Crippen LogP contribution in [0.4, 0.5) is 4.39 Å². The molecule has 0 N–H and O–H groups in total. The van der Waals surface area contributed by atoms with Crippen LogP contribution >= 0.6 is 21.6 Å². The van der Waals surface area contributed by atoms with Crippen LogP contribution in [0.25, 0.3) is 0 Å². The van der Waals surface area contributed by atoms with Crippen LogP contribution in [-0.2, 0) is 14.3 Å². The Morgan fingerprint density at radius 2 is 1.93 bits per heavy atom. The van der Waals surface area contributed by atoms with Crippen molar-refractivity contribution in [1.29, 1.82) is 0 Å². The number of nitrogens with zero attached hydrogens (tertiary/aromatic N) is 1. The van der Waals surface area contributed by atoms with E-state index in [1.807, 2.05) is 16.9 Å². The van der Waals surface area contributed by atoms with Gasteiger partial charge >= 0.3 is 5.97 Å². The van der Waals surface area contributed by atoms with E-state index in [0.29, 0.717) is 17.2 Å². The van der Waals surface area contributed by atoms with Crippen molar-refractivity contribution in [2.45, 2.75) is 43.4 Å². The molecule has 0 spiro atoms. The SMILES string of the molecule is COC(=O)CCSSC1CCN(C(C(=O)C2CC2)c2ccccc2F)CC1. The van der Waals surface area contributed by atoms with Gasteiger partial charge < -0.3 is 4.74 Å². The first-order valence-corrected chi connectivity index (χ1v) is 11.9. The Morgan fingerprint density at radius 1 is 1.22 bits per heavy atom. The van der Waals surface area contributed by atoms with Crippen LogP contribution in [0.2, 0.25) is 0 Å². The number of ether oxygens (including phenoxy) is 1. The summed E-state index contributed by atoms with van der Waals surface area (Å²) in [5, 5.41) is 0.501. The highest BCUT2D eigenvalue weighted by atomic mass is 33.1. The zero-order chi connectivity index (χ0) is 19.2. The molecule has 1 atom stereocenters. The molecule has 0 bridgehead atoms. The molecular formula is C20H26FNO3S2. The number of likely N-dealkylation sites (tertiary alicyclic amines) is 1. The molecule has 0 amide bonds. The molecule has 1 aromatic rings. The number of halogens is 1. The summed E-state index contributed by atoms with van der Waals surface area (Å²) < 4.78 is 19.0. The Labute approximate surface area is 168 Å². The number of ketones is 1. The molecule has 4 nitrogen and oxygen atoms in total. The summed E-state index contributed by atoms with van der Waals surface area (Å²) in [7, 11) is 4.92. The van der Waals surface area contributed by atoms with Crippen LogP contribution in [0.3, 0.4) is 0 Å². The predicted octanol–water partition coefficient (Wildman–Crippen LogP) is 4.25. The van der Waals surface area contributed by atoms with Gasteiger partial charge in [-0.2, -0.15) is 0 Å². The van der Waals surface area contributed by atoms with Crippen molar-refractivity contribution in [3.8, 4) is 0 Å². The van der Waals surface area contributed by atoms with Gasteiger partial charge in [-0.15, -0.1) is 0 Å². The highest BCUT2D eigenvalue weighted by molar-refractivity contribution is 8.76. The van der Waals surface area contributed by atoms with Gasteiger partial charge in [0.1, 0.15) is 5.82 Å². The average molecular weight is 412 g/mol. The van der Waals surface area contributed by atoms with Crippen molar-refractivity contribution in [3.63, 3.8) is 0 Å². The van der Waals surface area contributed by atoms with Gasteiger partial charge in [-0.1, -0.05) is 39.8 Å². The third-order valence-electron chi connectivity index (χ3n) is 5.11. The molecule has 1 saturated heterocycles. The monoisotopic (exact) mass is 411 g/mol. The summed E-state index contributed by atoms with van der Waals surface area (Å²) in [6.07, 6.45) is 4.25. The molecule has 1 unspecified atom stereocenters. The minimum Gasteiger partial charge on any atom is -0.469 e. The normalized spacial score (nSPS) is 19.6. The second kappa shape index (κ2) is 9.94. The lowest BCUT2D eigenvalue weighted by molar-refractivity contribution is -0.140. The van der Waals surface area contributed by atoms with E-state index in [4.69, 9.17) is 0 Å².